The van der Waals surface area contributed by atoms with Gasteiger partial charge in [0.1, 0.15) is 18.1 Å². The van der Waals surface area contributed by atoms with Gasteiger partial charge in [-0.2, -0.15) is 0 Å². The van der Waals surface area contributed by atoms with E-state index in [2.05, 4.69) is 0 Å². The van der Waals surface area contributed by atoms with Crippen molar-refractivity contribution in [1.29, 1.82) is 0 Å². The lowest BCUT2D eigenvalue weighted by atomic mass is 10.2. The van der Waals surface area contributed by atoms with E-state index in [4.69, 9.17) is 4.74 Å². The highest BCUT2D eigenvalue weighted by molar-refractivity contribution is 7.92. The summed E-state index contributed by atoms with van der Waals surface area (Å²) in [6.07, 6.45) is 6.02. The lowest BCUT2D eigenvalue weighted by Crippen LogP contribution is -2.30. The molecule has 0 saturated heterocycles. The second-order valence-electron chi connectivity index (χ2n) is 5.38. The molecule has 0 aliphatic carbocycles. The highest BCUT2D eigenvalue weighted by atomic mass is 32.2. The minimum atomic E-state index is -3.80. The number of hydrogen-bond donors (Lipinski definition) is 1. The number of rotatable bonds is 7. The van der Waals surface area contributed by atoms with Crippen molar-refractivity contribution < 1.29 is 22.9 Å². The molecule has 0 fully saturated rings. The summed E-state index contributed by atoms with van der Waals surface area (Å²) in [5.41, 5.74) is 1.03. The molecule has 0 radical (unpaired) electrons. The van der Waals surface area contributed by atoms with Crippen LogP contribution in [0.2, 0.25) is 0 Å². The number of methoxy groups -OCH3 is 1. The Kier molecular flexibility index (Phi) is 5.27. The molecule has 23 heavy (non-hydrogen) atoms. The van der Waals surface area contributed by atoms with Crippen molar-refractivity contribution in [2.75, 3.05) is 17.3 Å². The van der Waals surface area contributed by atoms with E-state index in [0.717, 1.165) is 5.56 Å². The molecule has 7 nitrogen and oxygen atoms in total. The van der Waals surface area contributed by atoms with Gasteiger partial charge >= 0.3 is 0 Å². The van der Waals surface area contributed by atoms with Crippen LogP contribution in [0.15, 0.2) is 36.9 Å². The summed E-state index contributed by atoms with van der Waals surface area (Å²) in [5.74, 6) is 0.373. The van der Waals surface area contributed by atoms with Crippen molar-refractivity contribution in [3.63, 3.8) is 0 Å². The second kappa shape index (κ2) is 7.01. The lowest BCUT2D eigenvalue weighted by Gasteiger charge is -2.18. The number of ether oxygens (including phenoxy) is 1. The molecule has 0 amide bonds. The second-order valence-corrected chi connectivity index (χ2v) is 7.30. The number of benzene rings is 1. The first-order valence-corrected chi connectivity index (χ1v) is 8.82. The van der Waals surface area contributed by atoms with Gasteiger partial charge in [-0.1, -0.05) is 6.07 Å². The van der Waals surface area contributed by atoms with Crippen LogP contribution in [0.5, 0.6) is 5.75 Å². The van der Waals surface area contributed by atoms with E-state index in [1.54, 1.807) is 12.1 Å². The molecule has 2 rings (SSSR count). The molecular weight excluding hydrogens is 318 g/mol. The molecule has 0 spiro atoms. The normalized spacial score (nSPS) is 11.5. The van der Waals surface area contributed by atoms with Gasteiger partial charge in [0.05, 0.1) is 32.1 Å². The van der Waals surface area contributed by atoms with E-state index in [9.17, 15) is 13.6 Å². The lowest BCUT2D eigenvalue weighted by molar-refractivity contribution is -0.671. The van der Waals surface area contributed by atoms with Crippen LogP contribution >= 0.6 is 0 Å². The Bertz CT molecular complexity index is 771. The van der Waals surface area contributed by atoms with Crippen LogP contribution in [-0.2, 0) is 23.6 Å². The Labute approximate surface area is 136 Å². The Morgan fingerprint density at radius 3 is 2.74 bits per heavy atom. The van der Waals surface area contributed by atoms with Crippen molar-refractivity contribution in [2.24, 2.45) is 7.05 Å². The number of aryl methyl sites for hydroxylation is 3. The topological polar surface area (TPSA) is 75.7 Å². The van der Waals surface area contributed by atoms with Crippen molar-refractivity contribution in [1.82, 2.24) is 4.57 Å². The molecule has 1 aromatic carbocycles. The molecule has 0 atom stereocenters. The van der Waals surface area contributed by atoms with Crippen LogP contribution in [0.3, 0.4) is 0 Å². The Morgan fingerprint density at radius 1 is 1.39 bits per heavy atom. The number of nitrogens with zero attached hydrogens (tertiary/aromatic N) is 3. The summed E-state index contributed by atoms with van der Waals surface area (Å²) in [7, 11) is -0.406. The van der Waals surface area contributed by atoms with Gasteiger partial charge in [-0.05, 0) is 18.6 Å². The van der Waals surface area contributed by atoms with Crippen LogP contribution < -0.4 is 13.8 Å². The molecule has 1 N–H and O–H groups in total. The van der Waals surface area contributed by atoms with Gasteiger partial charge in [0.25, 0.3) is 10.0 Å². The number of aromatic nitrogens is 2. The van der Waals surface area contributed by atoms with Crippen LogP contribution in [0.4, 0.5) is 5.69 Å². The fourth-order valence-electron chi connectivity index (χ4n) is 2.24. The quantitative estimate of drug-likeness (QED) is 0.608. The van der Waals surface area contributed by atoms with Gasteiger partial charge < -0.3 is 4.74 Å². The average Bonchev–Trinajstić information content (AvgIpc) is 2.92. The molecule has 2 aromatic rings. The van der Waals surface area contributed by atoms with Crippen LogP contribution in [-0.4, -0.2) is 31.1 Å². The van der Waals surface area contributed by atoms with Gasteiger partial charge in [0.15, 0.2) is 0 Å². The van der Waals surface area contributed by atoms with Crippen molar-refractivity contribution >= 4 is 15.7 Å². The minimum Gasteiger partial charge on any atom is -0.496 e. The summed E-state index contributed by atoms with van der Waals surface area (Å²) in [4.78, 5) is 0. The monoisotopic (exact) mass is 340 g/mol. The molecule has 0 saturated carbocycles. The van der Waals surface area contributed by atoms with Gasteiger partial charge in [0.2, 0.25) is 6.33 Å². The molecule has 0 aliphatic rings. The molecule has 8 heteroatoms. The molecule has 1 heterocycles. The van der Waals surface area contributed by atoms with E-state index in [-0.39, 0.29) is 11.4 Å². The molecule has 0 bridgehead atoms. The third-order valence-electron chi connectivity index (χ3n) is 3.52. The Hall–Kier alpha value is -2.06. The van der Waals surface area contributed by atoms with E-state index >= 15 is 0 Å². The van der Waals surface area contributed by atoms with Gasteiger partial charge in [-0.3, -0.25) is 5.21 Å². The Balaban J connectivity index is 2.03. The maximum atomic E-state index is 12.2. The van der Waals surface area contributed by atoms with Crippen molar-refractivity contribution in [3.8, 4) is 5.75 Å². The third kappa shape index (κ3) is 4.23. The first-order valence-electron chi connectivity index (χ1n) is 7.21. The summed E-state index contributed by atoms with van der Waals surface area (Å²) >= 11 is 0. The standard InChI is InChI=1S/C15H22N3O4S/c1-13-5-6-14(11-15(13)22-3)18(19)23(20,21)10-4-7-17-9-8-16(2)12-17/h5-6,8-9,11-12,19H,4,7,10H2,1-3H3/q+1. The van der Waals surface area contributed by atoms with E-state index in [0.29, 0.717) is 23.2 Å². The number of sulfonamides is 1. The van der Waals surface area contributed by atoms with Crippen molar-refractivity contribution in [2.45, 2.75) is 19.9 Å². The zero-order chi connectivity index (χ0) is 17.0. The smallest absolute Gasteiger partial charge is 0.257 e. The fraction of sp³-hybridized carbons (Fsp3) is 0.400. The first-order chi connectivity index (χ1) is 10.8. The van der Waals surface area contributed by atoms with E-state index in [1.165, 1.54) is 13.2 Å². The van der Waals surface area contributed by atoms with E-state index in [1.807, 2.05) is 41.8 Å². The maximum Gasteiger partial charge on any atom is 0.257 e. The zero-order valence-corrected chi connectivity index (χ0v) is 14.3. The minimum absolute atomic E-state index is 0.151. The number of imidazole rings is 1. The molecule has 0 unspecified atom stereocenters. The summed E-state index contributed by atoms with van der Waals surface area (Å²) in [6, 6.07) is 4.74. The van der Waals surface area contributed by atoms with Crippen molar-refractivity contribution in [3.05, 3.63) is 42.5 Å². The van der Waals surface area contributed by atoms with Crippen LogP contribution in [0, 0.1) is 6.92 Å². The molecule has 0 aliphatic heterocycles. The molecular formula is C15H22N3O4S+. The van der Waals surface area contributed by atoms with Crippen LogP contribution in [0.1, 0.15) is 12.0 Å². The van der Waals surface area contributed by atoms with Gasteiger partial charge in [0, 0.05) is 12.5 Å². The number of hydrogen-bond acceptors (Lipinski definition) is 4. The highest BCUT2D eigenvalue weighted by Crippen LogP contribution is 2.25. The van der Waals surface area contributed by atoms with Gasteiger partial charge in [-0.25, -0.2) is 17.6 Å². The summed E-state index contributed by atoms with van der Waals surface area (Å²) in [6.45, 7) is 2.40. The SMILES string of the molecule is COc1cc(N(O)S(=O)(=O)CCCn2cc[n+](C)c2)ccc1C. The Morgan fingerprint density at radius 2 is 2.13 bits per heavy atom. The predicted molar refractivity (Wildman–Crippen MR) is 86.0 cm³/mol. The maximum absolute atomic E-state index is 12.2. The number of anilines is 1. The third-order valence-corrected chi connectivity index (χ3v) is 5.06. The largest absolute Gasteiger partial charge is 0.496 e. The fourth-order valence-corrected chi connectivity index (χ4v) is 3.34. The van der Waals surface area contributed by atoms with E-state index < -0.39 is 10.0 Å². The summed E-state index contributed by atoms with van der Waals surface area (Å²) in [5, 5.41) is 10.0. The highest BCUT2D eigenvalue weighted by Gasteiger charge is 2.21. The van der Waals surface area contributed by atoms with Gasteiger partial charge in [-0.15, -0.1) is 4.47 Å². The zero-order valence-electron chi connectivity index (χ0n) is 13.5. The average molecular weight is 340 g/mol. The predicted octanol–water partition coefficient (Wildman–Crippen LogP) is 1.25. The molecule has 126 valence electrons. The summed E-state index contributed by atoms with van der Waals surface area (Å²) < 4.78 is 33.7. The van der Waals surface area contributed by atoms with Crippen LogP contribution in [0.25, 0.3) is 0 Å². The first kappa shape index (κ1) is 17.3. The molecule has 1 aromatic heterocycles.